The largest absolute Gasteiger partial charge is 0.381 e. The van der Waals surface area contributed by atoms with E-state index in [2.05, 4.69) is 9.71 Å². The number of nitrogen functional groups attached to an aromatic ring is 1. The molecule has 6 nitrogen and oxygen atoms in total. The molecule has 8 heteroatoms. The fourth-order valence-corrected chi connectivity index (χ4v) is 4.33. The summed E-state index contributed by atoms with van der Waals surface area (Å²) in [6.45, 7) is 0.462. The van der Waals surface area contributed by atoms with Crippen LogP contribution in [0.2, 0.25) is 0 Å². The summed E-state index contributed by atoms with van der Waals surface area (Å²) in [4.78, 5) is 4.64. The average Bonchev–Trinajstić information content (AvgIpc) is 2.80. The molecule has 3 rings (SSSR count). The summed E-state index contributed by atoms with van der Waals surface area (Å²) in [5, 5.41) is 1.84. The molecule has 0 aliphatic heterocycles. The van der Waals surface area contributed by atoms with Gasteiger partial charge in [-0.05, 0) is 12.3 Å². The van der Waals surface area contributed by atoms with Crippen LogP contribution in [0.1, 0.15) is 25.7 Å². The van der Waals surface area contributed by atoms with E-state index in [0.29, 0.717) is 17.4 Å². The van der Waals surface area contributed by atoms with Crippen molar-refractivity contribution in [3.63, 3.8) is 0 Å². The topological polar surface area (TPSA) is 89.5 Å². The van der Waals surface area contributed by atoms with Crippen molar-refractivity contribution < 1.29 is 8.42 Å². The van der Waals surface area contributed by atoms with E-state index in [1.165, 1.54) is 35.0 Å². The van der Waals surface area contributed by atoms with Gasteiger partial charge in [-0.1, -0.05) is 19.3 Å². The van der Waals surface area contributed by atoms with E-state index in [-0.39, 0.29) is 10.8 Å². The summed E-state index contributed by atoms with van der Waals surface area (Å²) in [7, 11) is -3.59. The van der Waals surface area contributed by atoms with Gasteiger partial charge in [-0.25, -0.2) is 18.1 Å². The van der Waals surface area contributed by atoms with Crippen LogP contribution in [0.15, 0.2) is 16.6 Å². The van der Waals surface area contributed by atoms with E-state index in [1.54, 1.807) is 11.6 Å². The highest BCUT2D eigenvalue weighted by molar-refractivity contribution is 7.89. The Balaban J connectivity index is 1.78. The lowest BCUT2D eigenvalue weighted by Crippen LogP contribution is -2.28. The van der Waals surface area contributed by atoms with Crippen LogP contribution < -0.4 is 10.5 Å². The van der Waals surface area contributed by atoms with E-state index in [0.717, 1.165) is 6.42 Å². The Morgan fingerprint density at radius 3 is 3.00 bits per heavy atom. The molecule has 19 heavy (non-hydrogen) atoms. The predicted molar refractivity (Wildman–Crippen MR) is 74.6 cm³/mol. The first-order valence-electron chi connectivity index (χ1n) is 6.28. The van der Waals surface area contributed by atoms with E-state index in [9.17, 15) is 8.42 Å². The maximum atomic E-state index is 12.3. The van der Waals surface area contributed by atoms with Gasteiger partial charge < -0.3 is 5.73 Å². The minimum absolute atomic E-state index is 0.0531. The zero-order valence-electron chi connectivity index (χ0n) is 10.4. The Hall–Kier alpha value is -1.12. The normalized spacial score (nSPS) is 16.8. The highest BCUT2D eigenvalue weighted by atomic mass is 32.2. The van der Waals surface area contributed by atoms with Gasteiger partial charge in [-0.3, -0.25) is 4.40 Å². The smallest absolute Gasteiger partial charge is 0.260 e. The fourth-order valence-electron chi connectivity index (χ4n) is 2.30. The maximum Gasteiger partial charge on any atom is 0.260 e. The van der Waals surface area contributed by atoms with Crippen LogP contribution in [0.3, 0.4) is 0 Å². The standard InChI is InChI=1S/C11H16N4O2S2/c12-9-10(15-6-7-18-11(15)14-9)19(16,17)13-5-4-8-2-1-3-8/h6-8,13H,1-5,12H2. The number of nitrogens with zero attached hydrogens (tertiary/aromatic N) is 2. The Bertz CT molecular complexity index is 685. The van der Waals surface area contributed by atoms with E-state index >= 15 is 0 Å². The van der Waals surface area contributed by atoms with Crippen LogP contribution in [0.5, 0.6) is 0 Å². The van der Waals surface area contributed by atoms with Crippen LogP contribution in [0.25, 0.3) is 4.96 Å². The monoisotopic (exact) mass is 300 g/mol. The third kappa shape index (κ3) is 2.35. The quantitative estimate of drug-likeness (QED) is 0.874. The minimum Gasteiger partial charge on any atom is -0.381 e. The predicted octanol–water partition coefficient (Wildman–Crippen LogP) is 1.45. The molecule has 2 aromatic rings. The molecule has 0 radical (unpaired) electrons. The summed E-state index contributed by atoms with van der Waals surface area (Å²) < 4.78 is 28.7. The molecule has 1 aliphatic rings. The molecular formula is C11H16N4O2S2. The van der Waals surface area contributed by atoms with Gasteiger partial charge in [0.05, 0.1) is 0 Å². The minimum atomic E-state index is -3.59. The Labute approximate surface area is 115 Å². The van der Waals surface area contributed by atoms with Gasteiger partial charge in [0.15, 0.2) is 15.8 Å². The second-order valence-electron chi connectivity index (χ2n) is 4.84. The van der Waals surface area contributed by atoms with Crippen LogP contribution in [-0.4, -0.2) is 24.3 Å². The molecule has 1 aliphatic carbocycles. The molecule has 2 aromatic heterocycles. The summed E-state index contributed by atoms with van der Waals surface area (Å²) in [6.07, 6.45) is 6.26. The van der Waals surface area contributed by atoms with Crippen molar-refractivity contribution in [1.82, 2.24) is 14.1 Å². The SMILES string of the molecule is Nc1nc2sccn2c1S(=O)(=O)NCCC1CCC1. The van der Waals surface area contributed by atoms with Gasteiger partial charge in [0.2, 0.25) is 0 Å². The first kappa shape index (κ1) is 12.9. The molecule has 3 N–H and O–H groups in total. The van der Waals surface area contributed by atoms with Gasteiger partial charge in [-0.2, -0.15) is 0 Å². The molecule has 2 heterocycles. The average molecular weight is 300 g/mol. The molecule has 0 saturated heterocycles. The molecule has 0 amide bonds. The number of anilines is 1. The van der Waals surface area contributed by atoms with Crippen LogP contribution in [-0.2, 0) is 10.0 Å². The zero-order valence-corrected chi connectivity index (χ0v) is 12.0. The summed E-state index contributed by atoms with van der Waals surface area (Å²) in [5.74, 6) is 0.731. The lowest BCUT2D eigenvalue weighted by Gasteiger charge is -2.25. The molecule has 0 unspecified atom stereocenters. The third-order valence-electron chi connectivity index (χ3n) is 3.57. The molecule has 0 spiro atoms. The van der Waals surface area contributed by atoms with Crippen LogP contribution >= 0.6 is 11.3 Å². The Kier molecular flexibility index (Phi) is 3.23. The summed E-state index contributed by atoms with van der Waals surface area (Å²) in [5.41, 5.74) is 5.71. The van der Waals surface area contributed by atoms with Gasteiger partial charge in [0.25, 0.3) is 10.0 Å². The second-order valence-corrected chi connectivity index (χ2v) is 7.40. The van der Waals surface area contributed by atoms with Crippen molar-refractivity contribution in [2.75, 3.05) is 12.3 Å². The number of hydrogen-bond acceptors (Lipinski definition) is 5. The van der Waals surface area contributed by atoms with Crippen LogP contribution in [0, 0.1) is 5.92 Å². The molecule has 0 atom stereocenters. The van der Waals surface area contributed by atoms with Crippen molar-refractivity contribution in [3.8, 4) is 0 Å². The highest BCUT2D eigenvalue weighted by Gasteiger charge is 2.25. The number of hydrogen-bond donors (Lipinski definition) is 2. The number of aromatic nitrogens is 2. The van der Waals surface area contributed by atoms with E-state index < -0.39 is 10.0 Å². The molecular weight excluding hydrogens is 284 g/mol. The van der Waals surface area contributed by atoms with E-state index in [1.807, 2.05) is 0 Å². The van der Waals surface area contributed by atoms with E-state index in [4.69, 9.17) is 5.73 Å². The number of thiazole rings is 1. The third-order valence-corrected chi connectivity index (χ3v) is 5.82. The molecule has 1 fully saturated rings. The highest BCUT2D eigenvalue weighted by Crippen LogP contribution is 2.29. The lowest BCUT2D eigenvalue weighted by atomic mass is 9.83. The van der Waals surface area contributed by atoms with Gasteiger partial charge >= 0.3 is 0 Å². The summed E-state index contributed by atoms with van der Waals surface area (Å²) in [6, 6.07) is 0. The first-order chi connectivity index (χ1) is 9.08. The molecule has 1 saturated carbocycles. The number of sulfonamides is 1. The maximum absolute atomic E-state index is 12.3. The van der Waals surface area contributed by atoms with Gasteiger partial charge in [0, 0.05) is 18.1 Å². The van der Waals surface area contributed by atoms with Crippen molar-refractivity contribution in [3.05, 3.63) is 11.6 Å². The Morgan fingerprint density at radius 1 is 1.53 bits per heavy atom. The summed E-state index contributed by atoms with van der Waals surface area (Å²) >= 11 is 1.36. The number of rotatable bonds is 5. The molecule has 0 bridgehead atoms. The lowest BCUT2D eigenvalue weighted by molar-refractivity contribution is 0.297. The van der Waals surface area contributed by atoms with Crippen LogP contribution in [0.4, 0.5) is 5.82 Å². The fraction of sp³-hybridized carbons (Fsp3) is 0.545. The number of fused-ring (bicyclic) bond motifs is 1. The van der Waals surface area contributed by atoms with Gasteiger partial charge in [0.1, 0.15) is 0 Å². The van der Waals surface area contributed by atoms with Gasteiger partial charge in [-0.15, -0.1) is 11.3 Å². The van der Waals surface area contributed by atoms with Crippen molar-refractivity contribution in [2.45, 2.75) is 30.7 Å². The van der Waals surface area contributed by atoms with Crippen molar-refractivity contribution >= 4 is 32.1 Å². The van der Waals surface area contributed by atoms with Crippen molar-refractivity contribution in [1.29, 1.82) is 0 Å². The Morgan fingerprint density at radius 2 is 2.32 bits per heavy atom. The molecule has 104 valence electrons. The number of imidazole rings is 1. The first-order valence-corrected chi connectivity index (χ1v) is 8.65. The molecule has 0 aromatic carbocycles. The second kappa shape index (κ2) is 4.77. The number of nitrogens with two attached hydrogens (primary N) is 1. The number of nitrogens with one attached hydrogen (secondary N) is 1. The van der Waals surface area contributed by atoms with Crippen molar-refractivity contribution in [2.24, 2.45) is 5.92 Å². The zero-order chi connectivity index (χ0) is 13.5.